The van der Waals surface area contributed by atoms with Crippen molar-refractivity contribution in [2.24, 2.45) is 5.92 Å². The largest absolute Gasteiger partial charge is 0.344 e. The molecule has 1 aliphatic rings. The molecule has 1 aliphatic heterocycles. The summed E-state index contributed by atoms with van der Waals surface area (Å²) in [6.07, 6.45) is 3.94. The van der Waals surface area contributed by atoms with Crippen molar-refractivity contribution in [2.45, 2.75) is 39.7 Å². The van der Waals surface area contributed by atoms with E-state index in [1.807, 2.05) is 0 Å². The van der Waals surface area contributed by atoms with Crippen molar-refractivity contribution in [1.29, 1.82) is 0 Å². The molecule has 0 radical (unpaired) electrons. The van der Waals surface area contributed by atoms with Gasteiger partial charge in [0.2, 0.25) is 0 Å². The normalized spacial score (nSPS) is 19.6. The van der Waals surface area contributed by atoms with E-state index < -0.39 is 0 Å². The molecular formula is C22H32N3S2+. The topological polar surface area (TPSA) is 19.7 Å². The summed E-state index contributed by atoms with van der Waals surface area (Å²) in [4.78, 5) is 5.46. The van der Waals surface area contributed by atoms with Crippen LogP contribution in [0.1, 0.15) is 36.6 Å². The number of thiocarbonyl (C=S) groups is 1. The zero-order chi connectivity index (χ0) is 19.1. The van der Waals surface area contributed by atoms with Crippen molar-refractivity contribution in [3.8, 4) is 0 Å². The van der Waals surface area contributed by atoms with Gasteiger partial charge in [-0.3, -0.25) is 0 Å². The third kappa shape index (κ3) is 6.30. The molecule has 1 aromatic heterocycles. The van der Waals surface area contributed by atoms with Gasteiger partial charge in [-0.15, -0.1) is 11.3 Å². The third-order valence-corrected chi connectivity index (χ3v) is 6.76. The van der Waals surface area contributed by atoms with Crippen LogP contribution in [0.15, 0.2) is 41.8 Å². The minimum absolute atomic E-state index is 0.833. The molecule has 3 rings (SSSR count). The van der Waals surface area contributed by atoms with E-state index in [2.05, 4.69) is 65.8 Å². The smallest absolute Gasteiger partial charge is 0.173 e. The van der Waals surface area contributed by atoms with Crippen LogP contribution in [0.4, 0.5) is 5.69 Å². The van der Waals surface area contributed by atoms with Crippen molar-refractivity contribution in [3.05, 3.63) is 52.2 Å². The SMILES string of the molecule is Cc1ccccc1NC(=S)N(CCC[NH+]1CCC(C)CC1)Cc1cccs1. The van der Waals surface area contributed by atoms with Gasteiger partial charge in [0.15, 0.2) is 5.11 Å². The first kappa shape index (κ1) is 20.3. The molecule has 0 saturated carbocycles. The first-order valence-corrected chi connectivity index (χ1v) is 11.4. The number of para-hydroxylation sites is 1. The maximum atomic E-state index is 5.79. The van der Waals surface area contributed by atoms with Crippen LogP contribution in [0.3, 0.4) is 0 Å². The Morgan fingerprint density at radius 2 is 2.00 bits per heavy atom. The predicted octanol–water partition coefficient (Wildman–Crippen LogP) is 3.96. The highest BCUT2D eigenvalue weighted by Crippen LogP contribution is 2.17. The number of hydrogen-bond acceptors (Lipinski definition) is 2. The second-order valence-corrected chi connectivity index (χ2v) is 9.20. The maximum Gasteiger partial charge on any atom is 0.173 e. The molecule has 1 aromatic carbocycles. The van der Waals surface area contributed by atoms with Crippen molar-refractivity contribution in [1.82, 2.24) is 4.90 Å². The van der Waals surface area contributed by atoms with E-state index in [1.54, 1.807) is 16.2 Å². The number of nitrogens with zero attached hydrogens (tertiary/aromatic N) is 1. The molecule has 2 heterocycles. The van der Waals surface area contributed by atoms with Gasteiger partial charge in [0.25, 0.3) is 0 Å². The minimum atomic E-state index is 0.833. The van der Waals surface area contributed by atoms with E-state index in [4.69, 9.17) is 12.2 Å². The number of nitrogens with one attached hydrogen (secondary N) is 2. The number of quaternary nitrogens is 1. The Morgan fingerprint density at radius 1 is 1.22 bits per heavy atom. The Kier molecular flexibility index (Phi) is 7.68. The van der Waals surface area contributed by atoms with Crippen LogP contribution in [-0.2, 0) is 6.54 Å². The molecule has 5 heteroatoms. The highest BCUT2D eigenvalue weighted by molar-refractivity contribution is 7.80. The zero-order valence-electron chi connectivity index (χ0n) is 16.5. The first-order valence-electron chi connectivity index (χ1n) is 10.1. The number of aryl methyl sites for hydroxylation is 1. The Morgan fingerprint density at radius 3 is 2.70 bits per heavy atom. The van der Waals surface area contributed by atoms with E-state index >= 15 is 0 Å². The summed E-state index contributed by atoms with van der Waals surface area (Å²) in [7, 11) is 0. The summed E-state index contributed by atoms with van der Waals surface area (Å²) in [5, 5.41) is 6.45. The van der Waals surface area contributed by atoms with Crippen LogP contribution in [0, 0.1) is 12.8 Å². The van der Waals surface area contributed by atoms with Gasteiger partial charge in [-0.05, 0) is 61.0 Å². The molecule has 0 amide bonds. The third-order valence-electron chi connectivity index (χ3n) is 5.54. The van der Waals surface area contributed by atoms with E-state index in [0.717, 1.165) is 29.8 Å². The average molecular weight is 403 g/mol. The lowest BCUT2D eigenvalue weighted by Crippen LogP contribution is -3.13. The Bertz CT molecular complexity index is 706. The van der Waals surface area contributed by atoms with Crippen LogP contribution in [0.5, 0.6) is 0 Å². The van der Waals surface area contributed by atoms with Gasteiger partial charge >= 0.3 is 0 Å². The van der Waals surface area contributed by atoms with Gasteiger partial charge < -0.3 is 15.1 Å². The second kappa shape index (κ2) is 10.2. The number of hydrogen-bond donors (Lipinski definition) is 2. The molecule has 0 atom stereocenters. The summed E-state index contributed by atoms with van der Waals surface area (Å²) in [6.45, 7) is 10.3. The molecular weight excluding hydrogens is 370 g/mol. The molecule has 3 nitrogen and oxygen atoms in total. The quantitative estimate of drug-likeness (QED) is 0.684. The monoisotopic (exact) mass is 402 g/mol. The van der Waals surface area contributed by atoms with Gasteiger partial charge in [-0.1, -0.05) is 31.2 Å². The predicted molar refractivity (Wildman–Crippen MR) is 121 cm³/mol. The van der Waals surface area contributed by atoms with E-state index in [0.29, 0.717) is 0 Å². The van der Waals surface area contributed by atoms with Gasteiger partial charge in [0, 0.05) is 23.5 Å². The number of likely N-dealkylation sites (tertiary alicyclic amines) is 1. The summed E-state index contributed by atoms with van der Waals surface area (Å²) in [5.74, 6) is 0.912. The fraction of sp³-hybridized carbons (Fsp3) is 0.500. The summed E-state index contributed by atoms with van der Waals surface area (Å²) < 4.78 is 0. The minimum Gasteiger partial charge on any atom is -0.344 e. The van der Waals surface area contributed by atoms with Crippen LogP contribution in [0.2, 0.25) is 0 Å². The second-order valence-electron chi connectivity index (χ2n) is 7.78. The number of anilines is 1. The number of rotatable bonds is 7. The zero-order valence-corrected chi connectivity index (χ0v) is 18.2. The maximum absolute atomic E-state index is 5.79. The fourth-order valence-corrected chi connectivity index (χ4v) is 4.68. The van der Waals surface area contributed by atoms with Crippen molar-refractivity contribution in [2.75, 3.05) is 31.5 Å². The van der Waals surface area contributed by atoms with Crippen LogP contribution < -0.4 is 10.2 Å². The standard InChI is InChI=1S/C22H31N3S2/c1-18-10-14-24(15-11-18)12-6-13-25(17-20-8-5-16-27-20)22(26)23-21-9-4-3-7-19(21)2/h3-5,7-9,16,18H,6,10-15,17H2,1-2H3,(H,23,26)/p+1. The van der Waals surface area contributed by atoms with Crippen molar-refractivity contribution in [3.63, 3.8) is 0 Å². The lowest BCUT2D eigenvalue weighted by atomic mass is 9.99. The molecule has 146 valence electrons. The highest BCUT2D eigenvalue weighted by atomic mass is 32.1. The van der Waals surface area contributed by atoms with Gasteiger partial charge in [0.1, 0.15) is 0 Å². The molecule has 0 bridgehead atoms. The van der Waals surface area contributed by atoms with E-state index in [-0.39, 0.29) is 0 Å². The lowest BCUT2D eigenvalue weighted by molar-refractivity contribution is -0.906. The summed E-state index contributed by atoms with van der Waals surface area (Å²) in [6, 6.07) is 12.7. The number of thiophene rings is 1. The van der Waals surface area contributed by atoms with Crippen LogP contribution >= 0.6 is 23.6 Å². The molecule has 1 fully saturated rings. The summed E-state index contributed by atoms with van der Waals surface area (Å²) in [5.41, 5.74) is 2.33. The van der Waals surface area contributed by atoms with Crippen molar-refractivity contribution < 1.29 is 4.90 Å². The fourth-order valence-electron chi connectivity index (χ4n) is 3.69. The summed E-state index contributed by atoms with van der Waals surface area (Å²) >= 11 is 7.59. The first-order chi connectivity index (χ1) is 13.1. The van der Waals surface area contributed by atoms with Gasteiger partial charge in [0.05, 0.1) is 26.2 Å². The number of benzene rings is 1. The molecule has 0 spiro atoms. The molecule has 0 unspecified atom stereocenters. The molecule has 1 saturated heterocycles. The van der Waals surface area contributed by atoms with Crippen molar-refractivity contribution >= 4 is 34.4 Å². The van der Waals surface area contributed by atoms with E-state index in [9.17, 15) is 0 Å². The molecule has 0 aliphatic carbocycles. The van der Waals surface area contributed by atoms with E-state index in [1.165, 1.54) is 49.3 Å². The van der Waals surface area contributed by atoms with Gasteiger partial charge in [-0.25, -0.2) is 0 Å². The highest BCUT2D eigenvalue weighted by Gasteiger charge is 2.19. The Labute approximate surface area is 173 Å². The average Bonchev–Trinajstić information content (AvgIpc) is 3.17. The Balaban J connectivity index is 1.56. The van der Waals surface area contributed by atoms with Crippen LogP contribution in [-0.4, -0.2) is 36.2 Å². The molecule has 2 aromatic rings. The van der Waals surface area contributed by atoms with Gasteiger partial charge in [-0.2, -0.15) is 0 Å². The van der Waals surface area contributed by atoms with Crippen LogP contribution in [0.25, 0.3) is 0 Å². The lowest BCUT2D eigenvalue weighted by Gasteiger charge is -2.29. The Hall–Kier alpha value is -1.43. The molecule has 27 heavy (non-hydrogen) atoms. The number of piperidine rings is 1. The molecule has 2 N–H and O–H groups in total.